The predicted octanol–water partition coefficient (Wildman–Crippen LogP) is 0.387. The van der Waals surface area contributed by atoms with Crippen LogP contribution in [0.1, 0.15) is 12.8 Å². The van der Waals surface area contributed by atoms with Crippen LogP contribution in [0, 0.1) is 0 Å². The van der Waals surface area contributed by atoms with E-state index in [2.05, 4.69) is 0 Å². The van der Waals surface area contributed by atoms with Crippen LogP contribution in [0.15, 0.2) is 21.7 Å². The van der Waals surface area contributed by atoms with Crippen LogP contribution in [0.5, 0.6) is 0 Å². The van der Waals surface area contributed by atoms with E-state index < -0.39 is 22.0 Å². The first-order valence-corrected chi connectivity index (χ1v) is 7.20. The summed E-state index contributed by atoms with van der Waals surface area (Å²) in [5.41, 5.74) is 5.20. The first-order chi connectivity index (χ1) is 7.53. The standard InChI is InChI=1S/C9H12N2O3S2/c10-9(12)7-3-1-5-11(7)16(13,14)8-4-2-6-15-8/h2,4,6-7H,1,3,5H2,(H2,10,12)/t7-/m0/s1. The fraction of sp³-hybridized carbons (Fsp3) is 0.444. The van der Waals surface area contributed by atoms with Crippen molar-refractivity contribution in [1.82, 2.24) is 4.31 Å². The van der Waals surface area contributed by atoms with Gasteiger partial charge in [-0.05, 0) is 24.3 Å². The zero-order valence-electron chi connectivity index (χ0n) is 8.50. The molecule has 0 aliphatic carbocycles. The minimum absolute atomic E-state index is 0.264. The van der Waals surface area contributed by atoms with E-state index in [9.17, 15) is 13.2 Å². The second kappa shape index (κ2) is 4.15. The molecule has 0 aromatic carbocycles. The van der Waals surface area contributed by atoms with Gasteiger partial charge in [-0.3, -0.25) is 4.79 Å². The van der Waals surface area contributed by atoms with Crippen LogP contribution in [0.3, 0.4) is 0 Å². The largest absolute Gasteiger partial charge is 0.368 e. The summed E-state index contributed by atoms with van der Waals surface area (Å²) in [6, 6.07) is 2.52. The van der Waals surface area contributed by atoms with Gasteiger partial charge < -0.3 is 5.73 Å². The van der Waals surface area contributed by atoms with Gasteiger partial charge in [0.25, 0.3) is 10.0 Å². The minimum Gasteiger partial charge on any atom is -0.368 e. The highest BCUT2D eigenvalue weighted by Crippen LogP contribution is 2.28. The summed E-state index contributed by atoms with van der Waals surface area (Å²) in [5.74, 6) is -0.572. The van der Waals surface area contributed by atoms with Gasteiger partial charge in [0.1, 0.15) is 10.3 Å². The van der Waals surface area contributed by atoms with Crippen LogP contribution in [0.25, 0.3) is 0 Å². The van der Waals surface area contributed by atoms with Crippen LogP contribution in [0.2, 0.25) is 0 Å². The number of thiophene rings is 1. The third kappa shape index (κ3) is 1.85. The number of nitrogens with zero attached hydrogens (tertiary/aromatic N) is 1. The Morgan fingerprint density at radius 1 is 1.56 bits per heavy atom. The van der Waals surface area contributed by atoms with Crippen LogP contribution in [-0.4, -0.2) is 31.2 Å². The number of hydrogen-bond acceptors (Lipinski definition) is 4. The van der Waals surface area contributed by atoms with Crippen LogP contribution < -0.4 is 5.73 Å². The molecular formula is C9H12N2O3S2. The predicted molar refractivity (Wildman–Crippen MR) is 60.4 cm³/mol. The van der Waals surface area contributed by atoms with Gasteiger partial charge in [-0.1, -0.05) is 6.07 Å². The Labute approximate surface area is 97.9 Å². The molecule has 1 fully saturated rings. The fourth-order valence-electron chi connectivity index (χ4n) is 1.84. The quantitative estimate of drug-likeness (QED) is 0.853. The summed E-state index contributed by atoms with van der Waals surface area (Å²) in [6.45, 7) is 0.369. The molecule has 2 heterocycles. The van der Waals surface area contributed by atoms with Gasteiger partial charge in [0, 0.05) is 6.54 Å². The molecule has 5 nitrogen and oxygen atoms in total. The van der Waals surface area contributed by atoms with Crippen molar-refractivity contribution in [2.45, 2.75) is 23.1 Å². The Morgan fingerprint density at radius 2 is 2.31 bits per heavy atom. The van der Waals surface area contributed by atoms with E-state index in [1.165, 1.54) is 10.4 Å². The summed E-state index contributed by atoms with van der Waals surface area (Å²) >= 11 is 1.15. The fourth-order valence-corrected chi connectivity index (χ4v) is 4.62. The molecule has 16 heavy (non-hydrogen) atoms. The zero-order valence-corrected chi connectivity index (χ0v) is 10.1. The lowest BCUT2D eigenvalue weighted by atomic mass is 10.2. The van der Waals surface area contributed by atoms with E-state index in [1.807, 2.05) is 0 Å². The smallest absolute Gasteiger partial charge is 0.253 e. The number of sulfonamides is 1. The summed E-state index contributed by atoms with van der Waals surface area (Å²) in [4.78, 5) is 11.1. The van der Waals surface area contributed by atoms with Crippen molar-refractivity contribution in [2.75, 3.05) is 6.54 Å². The molecule has 1 aromatic rings. The number of carbonyl (C=O) groups is 1. The molecule has 0 bridgehead atoms. The average molecular weight is 260 g/mol. The molecule has 88 valence electrons. The summed E-state index contributed by atoms with van der Waals surface area (Å²) in [5, 5.41) is 1.70. The van der Waals surface area contributed by atoms with Gasteiger partial charge in [0.15, 0.2) is 0 Å². The Balaban J connectivity index is 2.34. The summed E-state index contributed by atoms with van der Waals surface area (Å²) < 4.78 is 25.8. The number of nitrogens with two attached hydrogens (primary N) is 1. The lowest BCUT2D eigenvalue weighted by molar-refractivity contribution is -0.121. The van der Waals surface area contributed by atoms with E-state index in [1.54, 1.807) is 11.4 Å². The Morgan fingerprint density at radius 3 is 2.88 bits per heavy atom. The van der Waals surface area contributed by atoms with Gasteiger partial charge >= 0.3 is 0 Å². The number of hydrogen-bond donors (Lipinski definition) is 1. The van der Waals surface area contributed by atoms with Crippen molar-refractivity contribution < 1.29 is 13.2 Å². The Hall–Kier alpha value is -0.920. The number of amides is 1. The monoisotopic (exact) mass is 260 g/mol. The molecule has 0 unspecified atom stereocenters. The van der Waals surface area contributed by atoms with Crippen molar-refractivity contribution >= 4 is 27.3 Å². The highest BCUT2D eigenvalue weighted by molar-refractivity contribution is 7.91. The van der Waals surface area contributed by atoms with Crippen LogP contribution >= 0.6 is 11.3 Å². The van der Waals surface area contributed by atoms with Crippen molar-refractivity contribution in [2.24, 2.45) is 5.73 Å². The molecule has 0 radical (unpaired) electrons. The molecule has 0 saturated carbocycles. The molecule has 1 aliphatic rings. The second-order valence-electron chi connectivity index (χ2n) is 3.61. The molecule has 1 amide bonds. The van der Waals surface area contributed by atoms with E-state index in [-0.39, 0.29) is 4.21 Å². The van der Waals surface area contributed by atoms with Crippen molar-refractivity contribution in [3.05, 3.63) is 17.5 Å². The van der Waals surface area contributed by atoms with E-state index in [0.717, 1.165) is 11.3 Å². The molecule has 2 N–H and O–H groups in total. The first kappa shape index (κ1) is 11.6. The number of primary amides is 1. The Bertz CT molecular complexity index is 481. The molecule has 1 atom stereocenters. The molecule has 1 aliphatic heterocycles. The SMILES string of the molecule is NC(=O)[C@@H]1CCCN1S(=O)(=O)c1cccs1. The molecular weight excluding hydrogens is 248 g/mol. The number of carbonyl (C=O) groups excluding carboxylic acids is 1. The van der Waals surface area contributed by atoms with Gasteiger partial charge in [-0.15, -0.1) is 11.3 Å². The van der Waals surface area contributed by atoms with Crippen molar-refractivity contribution in [3.8, 4) is 0 Å². The topological polar surface area (TPSA) is 80.5 Å². The summed E-state index contributed by atoms with van der Waals surface area (Å²) in [7, 11) is -3.54. The molecule has 1 aromatic heterocycles. The maximum Gasteiger partial charge on any atom is 0.253 e. The first-order valence-electron chi connectivity index (χ1n) is 4.88. The average Bonchev–Trinajstić information content (AvgIpc) is 2.89. The summed E-state index contributed by atoms with van der Waals surface area (Å²) in [6.07, 6.45) is 1.19. The zero-order chi connectivity index (χ0) is 11.8. The maximum absolute atomic E-state index is 12.1. The van der Waals surface area contributed by atoms with Crippen molar-refractivity contribution in [3.63, 3.8) is 0 Å². The molecule has 7 heteroatoms. The van der Waals surface area contributed by atoms with Gasteiger partial charge in [-0.25, -0.2) is 8.42 Å². The third-order valence-corrected chi connectivity index (χ3v) is 5.87. The normalized spacial score (nSPS) is 22.4. The van der Waals surface area contributed by atoms with Gasteiger partial charge in [0.05, 0.1) is 0 Å². The number of rotatable bonds is 3. The second-order valence-corrected chi connectivity index (χ2v) is 6.67. The van der Waals surface area contributed by atoms with E-state index in [4.69, 9.17) is 5.73 Å². The van der Waals surface area contributed by atoms with E-state index >= 15 is 0 Å². The highest BCUT2D eigenvalue weighted by atomic mass is 32.2. The van der Waals surface area contributed by atoms with E-state index in [0.29, 0.717) is 19.4 Å². The molecule has 1 saturated heterocycles. The van der Waals surface area contributed by atoms with Gasteiger partial charge in [0.2, 0.25) is 5.91 Å². The molecule has 2 rings (SSSR count). The third-order valence-electron chi connectivity index (χ3n) is 2.59. The lowest BCUT2D eigenvalue weighted by Gasteiger charge is -2.20. The maximum atomic E-state index is 12.1. The Kier molecular flexibility index (Phi) is 3.00. The van der Waals surface area contributed by atoms with Crippen molar-refractivity contribution in [1.29, 1.82) is 0 Å². The van der Waals surface area contributed by atoms with Crippen LogP contribution in [-0.2, 0) is 14.8 Å². The minimum atomic E-state index is -3.54. The lowest BCUT2D eigenvalue weighted by Crippen LogP contribution is -2.43. The van der Waals surface area contributed by atoms with Gasteiger partial charge in [-0.2, -0.15) is 4.31 Å². The van der Waals surface area contributed by atoms with Crippen LogP contribution in [0.4, 0.5) is 0 Å². The highest BCUT2D eigenvalue weighted by Gasteiger charge is 2.38. The molecule has 0 spiro atoms.